The molecule has 2 fully saturated rings. The summed E-state index contributed by atoms with van der Waals surface area (Å²) in [6.45, 7) is 3.65. The molecule has 2 aromatic heterocycles. The molecular formula is C24H30B4N4O4. The molecule has 0 amide bonds. The molecule has 4 heterocycles. The first kappa shape index (κ1) is 23.4. The number of fused-ring (bicyclic) bond motifs is 2. The van der Waals surface area contributed by atoms with E-state index in [0.29, 0.717) is 17.3 Å². The number of aromatic nitrogens is 3. The summed E-state index contributed by atoms with van der Waals surface area (Å²) in [5, 5.41) is 3.82. The van der Waals surface area contributed by atoms with E-state index >= 15 is 0 Å². The Kier molecular flexibility index (Phi) is 5.36. The molecule has 1 aromatic carbocycles. The van der Waals surface area contributed by atoms with Crippen LogP contribution in [0.2, 0.25) is 0 Å². The summed E-state index contributed by atoms with van der Waals surface area (Å²) >= 11 is 0. The number of piperidine rings is 1. The van der Waals surface area contributed by atoms with Crippen LogP contribution >= 0.6 is 0 Å². The molecule has 0 radical (unpaired) electrons. The Balaban J connectivity index is 1.14. The molecule has 36 heavy (non-hydrogen) atoms. The van der Waals surface area contributed by atoms with Gasteiger partial charge < -0.3 is 19.1 Å². The Morgan fingerprint density at radius 3 is 2.36 bits per heavy atom. The zero-order valence-electron chi connectivity index (χ0n) is 21.7. The third-order valence-electron chi connectivity index (χ3n) is 7.97. The van der Waals surface area contributed by atoms with Crippen LogP contribution in [0.1, 0.15) is 42.9 Å². The molecule has 0 spiro atoms. The van der Waals surface area contributed by atoms with Crippen molar-refractivity contribution in [1.82, 2.24) is 14.6 Å². The smallest absolute Gasteiger partial charge is 0.274 e. The van der Waals surface area contributed by atoms with Gasteiger partial charge in [0, 0.05) is 44.0 Å². The quantitative estimate of drug-likeness (QED) is 0.439. The highest BCUT2D eigenvalue weighted by molar-refractivity contribution is 6.53. The number of ether oxygens (including phenoxy) is 3. The van der Waals surface area contributed by atoms with E-state index in [1.165, 1.54) is 4.52 Å². The van der Waals surface area contributed by atoms with Gasteiger partial charge in [0.1, 0.15) is 43.2 Å². The normalized spacial score (nSPS) is 20.9. The molecular weight excluding hydrogens is 452 g/mol. The maximum atomic E-state index is 12.7. The van der Waals surface area contributed by atoms with Crippen LogP contribution in [0.25, 0.3) is 5.65 Å². The molecule has 6 rings (SSSR count). The van der Waals surface area contributed by atoms with Gasteiger partial charge in [-0.15, -0.1) is 5.10 Å². The zero-order chi connectivity index (χ0) is 25.2. The molecule has 1 saturated carbocycles. The van der Waals surface area contributed by atoms with Crippen LogP contribution in [0.4, 0.5) is 5.82 Å². The highest BCUT2D eigenvalue weighted by Gasteiger charge is 2.44. The molecule has 3 aliphatic rings. The van der Waals surface area contributed by atoms with Gasteiger partial charge in [0.05, 0.1) is 16.5 Å². The lowest BCUT2D eigenvalue weighted by Crippen LogP contribution is -2.65. The number of anilines is 1. The van der Waals surface area contributed by atoms with Gasteiger partial charge in [0.25, 0.3) is 5.56 Å². The van der Waals surface area contributed by atoms with Crippen LogP contribution in [0.3, 0.4) is 0 Å². The number of hydrogen-bond acceptors (Lipinski definition) is 7. The summed E-state index contributed by atoms with van der Waals surface area (Å²) in [6, 6.07) is 9.44. The summed E-state index contributed by atoms with van der Waals surface area (Å²) in [5.74, 6) is 3.53. The van der Waals surface area contributed by atoms with Crippen molar-refractivity contribution < 1.29 is 14.2 Å². The molecule has 2 aliphatic heterocycles. The van der Waals surface area contributed by atoms with Crippen molar-refractivity contribution in [1.29, 1.82) is 0 Å². The lowest BCUT2D eigenvalue weighted by atomic mass is 9.41. The molecule has 0 atom stereocenters. The van der Waals surface area contributed by atoms with E-state index in [1.807, 2.05) is 62.6 Å². The lowest BCUT2D eigenvalue weighted by molar-refractivity contribution is 0.0609. The van der Waals surface area contributed by atoms with E-state index in [1.54, 1.807) is 6.07 Å². The maximum Gasteiger partial charge on any atom is 0.274 e. The van der Waals surface area contributed by atoms with E-state index in [-0.39, 0.29) is 11.7 Å². The molecule has 0 N–H and O–H groups in total. The molecule has 0 unspecified atom stereocenters. The summed E-state index contributed by atoms with van der Waals surface area (Å²) < 4.78 is 20.2. The molecule has 1 saturated heterocycles. The number of hydrogen-bond donors (Lipinski definition) is 0. The van der Waals surface area contributed by atoms with Gasteiger partial charge in [-0.1, -0.05) is 0 Å². The Bertz CT molecular complexity index is 1400. The van der Waals surface area contributed by atoms with Crippen molar-refractivity contribution in [2.75, 3.05) is 18.0 Å². The number of nitrogens with zero attached hydrogens (tertiary/aromatic N) is 4. The Labute approximate surface area is 214 Å². The van der Waals surface area contributed by atoms with Gasteiger partial charge in [0.2, 0.25) is 0 Å². The standard InChI is InChI=1S/C24H30B4N4O4/c1-13-10-20-29-17(14-2-3-14)12-21(33)32(20)30-22(13)31-8-6-15(7-9-31)34-16-4-5-18-19(11-16)36-24(27,28)23(25,26)35-18/h4-5,10-12,14-15H,2-3,6-9,25-28H2,1H3. The molecule has 8 nitrogen and oxygen atoms in total. The minimum Gasteiger partial charge on any atom is -0.499 e. The molecule has 3 aromatic rings. The largest absolute Gasteiger partial charge is 0.499 e. The summed E-state index contributed by atoms with van der Waals surface area (Å²) in [5.41, 5.74) is 2.46. The summed E-state index contributed by atoms with van der Waals surface area (Å²) in [4.78, 5) is 19.6. The van der Waals surface area contributed by atoms with Crippen molar-refractivity contribution in [3.8, 4) is 17.2 Å². The Morgan fingerprint density at radius 2 is 1.67 bits per heavy atom. The van der Waals surface area contributed by atoms with E-state index in [0.717, 1.165) is 67.3 Å². The predicted molar refractivity (Wildman–Crippen MR) is 149 cm³/mol. The van der Waals surface area contributed by atoms with Crippen LogP contribution in [-0.4, -0.2) is 76.0 Å². The fourth-order valence-corrected chi connectivity index (χ4v) is 4.94. The monoisotopic (exact) mass is 482 g/mol. The minimum atomic E-state index is -0.453. The summed E-state index contributed by atoms with van der Waals surface area (Å²) in [7, 11) is 8.16. The van der Waals surface area contributed by atoms with Gasteiger partial charge in [-0.25, -0.2) is 4.98 Å². The minimum absolute atomic E-state index is 0.0968. The molecule has 1 aliphatic carbocycles. The Morgan fingerprint density at radius 1 is 0.972 bits per heavy atom. The predicted octanol–water partition coefficient (Wildman–Crippen LogP) is -1.07. The second-order valence-electron chi connectivity index (χ2n) is 11.4. The number of benzene rings is 1. The van der Waals surface area contributed by atoms with Gasteiger partial charge in [0.15, 0.2) is 23.0 Å². The lowest BCUT2D eigenvalue weighted by Gasteiger charge is -2.47. The van der Waals surface area contributed by atoms with Crippen LogP contribution < -0.4 is 24.7 Å². The van der Waals surface area contributed by atoms with Crippen molar-refractivity contribution in [2.45, 2.75) is 55.4 Å². The molecule has 182 valence electrons. The van der Waals surface area contributed by atoms with E-state index in [9.17, 15) is 4.79 Å². The third-order valence-corrected chi connectivity index (χ3v) is 7.97. The highest BCUT2D eigenvalue weighted by Crippen LogP contribution is 2.41. The fraction of sp³-hybridized carbons (Fsp3) is 0.458. The first-order chi connectivity index (χ1) is 17.1. The topological polar surface area (TPSA) is 78.2 Å². The zero-order valence-corrected chi connectivity index (χ0v) is 21.7. The van der Waals surface area contributed by atoms with Crippen molar-refractivity contribution in [3.63, 3.8) is 0 Å². The van der Waals surface area contributed by atoms with Crippen LogP contribution in [-0.2, 0) is 0 Å². The molecule has 0 bridgehead atoms. The number of rotatable bonds is 4. The van der Waals surface area contributed by atoms with Crippen LogP contribution in [0, 0.1) is 6.92 Å². The van der Waals surface area contributed by atoms with Gasteiger partial charge in [-0.2, -0.15) is 4.52 Å². The number of aryl methyl sites for hydroxylation is 1. The van der Waals surface area contributed by atoms with E-state index < -0.39 is 10.8 Å². The van der Waals surface area contributed by atoms with Crippen molar-refractivity contribution in [2.24, 2.45) is 0 Å². The maximum absolute atomic E-state index is 12.7. The van der Waals surface area contributed by atoms with Crippen molar-refractivity contribution >= 4 is 42.9 Å². The van der Waals surface area contributed by atoms with Crippen LogP contribution in [0.15, 0.2) is 35.1 Å². The Hall–Kier alpha value is -3.03. The summed E-state index contributed by atoms with van der Waals surface area (Å²) in [6.07, 6.45) is 4.05. The first-order valence-electron chi connectivity index (χ1n) is 12.9. The highest BCUT2D eigenvalue weighted by atomic mass is 16.6. The second kappa shape index (κ2) is 8.25. The van der Waals surface area contributed by atoms with E-state index in [4.69, 9.17) is 24.3 Å². The second-order valence-corrected chi connectivity index (χ2v) is 11.4. The van der Waals surface area contributed by atoms with Crippen molar-refractivity contribution in [3.05, 3.63) is 51.9 Å². The van der Waals surface area contributed by atoms with Crippen LogP contribution in [0.5, 0.6) is 17.2 Å². The van der Waals surface area contributed by atoms with E-state index in [2.05, 4.69) is 4.90 Å². The average Bonchev–Trinajstić information content (AvgIpc) is 3.65. The average molecular weight is 482 g/mol. The third kappa shape index (κ3) is 4.14. The fourth-order valence-electron chi connectivity index (χ4n) is 4.94. The van der Waals surface area contributed by atoms with Gasteiger partial charge in [-0.3, -0.25) is 4.79 Å². The first-order valence-corrected chi connectivity index (χ1v) is 12.9. The SMILES string of the molecule is BC1(B)Oc2ccc(OC3CCN(c4nn5c(=O)cc(C6CC6)nc5cc4C)CC3)cc2OC1(B)B. The van der Waals surface area contributed by atoms with Gasteiger partial charge >= 0.3 is 0 Å². The van der Waals surface area contributed by atoms with Gasteiger partial charge in [-0.05, 0) is 43.5 Å². The molecule has 12 heteroatoms.